The molecule has 2 heterocycles. The molecule has 1 N–H and O–H groups in total. The highest BCUT2D eigenvalue weighted by Crippen LogP contribution is 2.39. The van der Waals surface area contributed by atoms with Crippen molar-refractivity contribution in [2.24, 2.45) is 0 Å². The minimum atomic E-state index is 0.0187. The van der Waals surface area contributed by atoms with E-state index >= 15 is 0 Å². The molecule has 92 valence electrons. The largest absolute Gasteiger partial charge is 0.337 e. The van der Waals surface area contributed by atoms with E-state index in [-0.39, 0.29) is 5.78 Å². The Balaban J connectivity index is 1.80. The first-order valence-electron chi connectivity index (χ1n) is 5.42. The van der Waals surface area contributed by atoms with Crippen LogP contribution in [0.25, 0.3) is 0 Å². The van der Waals surface area contributed by atoms with Crippen LogP contribution < -0.4 is 5.32 Å². The summed E-state index contributed by atoms with van der Waals surface area (Å²) in [5.74, 6) is 0.0187. The predicted molar refractivity (Wildman–Crippen MR) is 75.2 cm³/mol. The van der Waals surface area contributed by atoms with Crippen molar-refractivity contribution in [3.05, 3.63) is 52.0 Å². The van der Waals surface area contributed by atoms with Crippen molar-refractivity contribution < 1.29 is 4.79 Å². The molecule has 1 aromatic carbocycles. The predicted octanol–water partition coefficient (Wildman–Crippen LogP) is 3.26. The van der Waals surface area contributed by atoms with E-state index in [1.54, 1.807) is 6.20 Å². The monoisotopic (exact) mass is 285 g/mol. The van der Waals surface area contributed by atoms with E-state index in [9.17, 15) is 4.79 Å². The first-order chi connectivity index (χ1) is 9.28. The van der Waals surface area contributed by atoms with Crippen LogP contribution in [-0.2, 0) is 0 Å². The van der Waals surface area contributed by atoms with E-state index < -0.39 is 0 Å². The number of fused-ring (bicyclic) bond motifs is 1. The molecule has 1 aliphatic rings. The first kappa shape index (κ1) is 12.0. The lowest BCUT2D eigenvalue weighted by Gasteiger charge is -1.95. The molecule has 2 aromatic rings. The standard InChI is InChI=1S/C13H7N3OS2/c14-5-8-6-15-13(18-8)16-7-11-12(17)9-3-1-2-4-10(9)19-11/h1-4,6-7H,(H,15,16). The number of ketones is 1. The SMILES string of the molecule is N#Cc1cnc(NC=C2Sc3ccccc3C2=O)s1. The number of allylic oxidation sites excluding steroid dienone is 1. The lowest BCUT2D eigenvalue weighted by Crippen LogP contribution is -1.96. The normalized spacial score (nSPS) is 15.3. The van der Waals surface area contributed by atoms with E-state index in [0.29, 0.717) is 14.9 Å². The molecule has 4 nitrogen and oxygen atoms in total. The van der Waals surface area contributed by atoms with Gasteiger partial charge in [0, 0.05) is 16.7 Å². The van der Waals surface area contributed by atoms with Crippen molar-refractivity contribution in [1.29, 1.82) is 5.26 Å². The second-order valence-corrected chi connectivity index (χ2v) is 5.84. The number of aromatic nitrogens is 1. The number of anilines is 1. The fourth-order valence-electron chi connectivity index (χ4n) is 1.66. The highest BCUT2D eigenvalue weighted by Gasteiger charge is 2.25. The molecule has 0 atom stereocenters. The Morgan fingerprint density at radius 3 is 2.95 bits per heavy atom. The molecule has 0 amide bonds. The van der Waals surface area contributed by atoms with Gasteiger partial charge in [-0.3, -0.25) is 4.79 Å². The van der Waals surface area contributed by atoms with Gasteiger partial charge in [-0.2, -0.15) is 5.26 Å². The number of carbonyl (C=O) groups excluding carboxylic acids is 1. The molecule has 0 saturated heterocycles. The third-order valence-electron chi connectivity index (χ3n) is 2.52. The number of benzene rings is 1. The van der Waals surface area contributed by atoms with Crippen LogP contribution in [0.15, 0.2) is 46.5 Å². The molecule has 6 heteroatoms. The average Bonchev–Trinajstić information content (AvgIpc) is 3.02. The molecule has 0 radical (unpaired) electrons. The van der Waals surface area contributed by atoms with Gasteiger partial charge in [-0.25, -0.2) is 4.98 Å². The second kappa shape index (κ2) is 4.88. The number of thioether (sulfide) groups is 1. The van der Waals surface area contributed by atoms with E-state index in [0.717, 1.165) is 10.5 Å². The smallest absolute Gasteiger partial charge is 0.202 e. The van der Waals surface area contributed by atoms with Crippen molar-refractivity contribution in [1.82, 2.24) is 4.98 Å². The topological polar surface area (TPSA) is 65.8 Å². The van der Waals surface area contributed by atoms with Crippen LogP contribution in [0.1, 0.15) is 15.2 Å². The molecular formula is C13H7N3OS2. The van der Waals surface area contributed by atoms with Gasteiger partial charge in [-0.15, -0.1) is 0 Å². The summed E-state index contributed by atoms with van der Waals surface area (Å²) in [7, 11) is 0. The summed E-state index contributed by atoms with van der Waals surface area (Å²) < 4.78 is 0. The lowest BCUT2D eigenvalue weighted by molar-refractivity contribution is 0.104. The van der Waals surface area contributed by atoms with Crippen LogP contribution in [0.4, 0.5) is 5.13 Å². The van der Waals surface area contributed by atoms with Gasteiger partial charge in [-0.05, 0) is 12.1 Å². The number of nitrogens with one attached hydrogen (secondary N) is 1. The minimum absolute atomic E-state index is 0.0187. The summed E-state index contributed by atoms with van der Waals surface area (Å²) in [6, 6.07) is 9.54. The first-order valence-corrected chi connectivity index (χ1v) is 7.05. The number of nitrogens with zero attached hydrogens (tertiary/aromatic N) is 2. The summed E-state index contributed by atoms with van der Waals surface area (Å²) in [4.78, 5) is 18.3. The number of hydrogen-bond acceptors (Lipinski definition) is 6. The molecule has 3 rings (SSSR count). The Hall–Kier alpha value is -2.10. The van der Waals surface area contributed by atoms with E-state index in [1.807, 2.05) is 30.3 Å². The Kier molecular flexibility index (Phi) is 3.07. The Bertz CT molecular complexity index is 727. The second-order valence-electron chi connectivity index (χ2n) is 3.72. The summed E-state index contributed by atoms with van der Waals surface area (Å²) in [5, 5.41) is 12.3. The van der Waals surface area contributed by atoms with E-state index in [4.69, 9.17) is 5.26 Å². The van der Waals surface area contributed by atoms with Gasteiger partial charge in [0.05, 0.1) is 11.1 Å². The third-order valence-corrected chi connectivity index (χ3v) is 4.45. The average molecular weight is 285 g/mol. The molecule has 1 aliphatic heterocycles. The number of thiazole rings is 1. The number of carbonyl (C=O) groups is 1. The van der Waals surface area contributed by atoms with Gasteiger partial charge in [0.25, 0.3) is 0 Å². The van der Waals surface area contributed by atoms with Crippen molar-refractivity contribution in [3.8, 4) is 6.07 Å². The van der Waals surface area contributed by atoms with Crippen LogP contribution in [0.5, 0.6) is 0 Å². The molecule has 0 saturated carbocycles. The third kappa shape index (κ3) is 2.26. The summed E-state index contributed by atoms with van der Waals surface area (Å²) in [6.45, 7) is 0. The highest BCUT2D eigenvalue weighted by molar-refractivity contribution is 8.04. The Labute approximate surface area is 117 Å². The maximum absolute atomic E-state index is 12.1. The molecule has 0 bridgehead atoms. The molecule has 0 spiro atoms. The van der Waals surface area contributed by atoms with Gasteiger partial charge in [0.1, 0.15) is 10.9 Å². The lowest BCUT2D eigenvalue weighted by atomic mass is 10.1. The molecular weight excluding hydrogens is 278 g/mol. The van der Waals surface area contributed by atoms with Crippen LogP contribution in [0.3, 0.4) is 0 Å². The van der Waals surface area contributed by atoms with E-state index in [2.05, 4.69) is 10.3 Å². The summed E-state index contributed by atoms with van der Waals surface area (Å²) in [6.07, 6.45) is 3.15. The maximum atomic E-state index is 12.1. The molecule has 0 aliphatic carbocycles. The number of nitriles is 1. The van der Waals surface area contributed by atoms with E-state index in [1.165, 1.54) is 29.3 Å². The summed E-state index contributed by atoms with van der Waals surface area (Å²) >= 11 is 2.69. The fraction of sp³-hybridized carbons (Fsp3) is 0. The minimum Gasteiger partial charge on any atom is -0.337 e. The van der Waals surface area contributed by atoms with Gasteiger partial charge in [-0.1, -0.05) is 35.2 Å². The van der Waals surface area contributed by atoms with Gasteiger partial charge >= 0.3 is 0 Å². The van der Waals surface area contributed by atoms with Crippen LogP contribution in [0, 0.1) is 11.3 Å². The highest BCUT2D eigenvalue weighted by atomic mass is 32.2. The zero-order valence-electron chi connectivity index (χ0n) is 9.58. The van der Waals surface area contributed by atoms with Crippen molar-refractivity contribution in [2.75, 3.05) is 5.32 Å². The van der Waals surface area contributed by atoms with Gasteiger partial charge in [0.2, 0.25) is 5.78 Å². The van der Waals surface area contributed by atoms with Crippen LogP contribution >= 0.6 is 23.1 Å². The zero-order valence-corrected chi connectivity index (χ0v) is 11.2. The van der Waals surface area contributed by atoms with Crippen molar-refractivity contribution >= 4 is 34.0 Å². The number of Topliss-reactive ketones (excluding diaryl/α,β-unsaturated/α-hetero) is 1. The number of hydrogen-bond donors (Lipinski definition) is 1. The zero-order chi connectivity index (χ0) is 13.2. The van der Waals surface area contributed by atoms with Gasteiger partial charge in [0.15, 0.2) is 5.13 Å². The molecule has 1 aromatic heterocycles. The van der Waals surface area contributed by atoms with Crippen molar-refractivity contribution in [2.45, 2.75) is 4.90 Å². The maximum Gasteiger partial charge on any atom is 0.202 e. The summed E-state index contributed by atoms with van der Waals surface area (Å²) in [5.41, 5.74) is 0.734. The quantitative estimate of drug-likeness (QED) is 0.858. The van der Waals surface area contributed by atoms with Gasteiger partial charge < -0.3 is 5.32 Å². The van der Waals surface area contributed by atoms with Crippen LogP contribution in [0.2, 0.25) is 0 Å². The van der Waals surface area contributed by atoms with Crippen LogP contribution in [-0.4, -0.2) is 10.8 Å². The Morgan fingerprint density at radius 1 is 1.37 bits per heavy atom. The fourth-order valence-corrected chi connectivity index (χ4v) is 3.21. The molecule has 0 unspecified atom stereocenters. The Morgan fingerprint density at radius 2 is 2.21 bits per heavy atom. The number of rotatable bonds is 2. The molecule has 0 fully saturated rings. The molecule has 19 heavy (non-hydrogen) atoms. The van der Waals surface area contributed by atoms with Crippen molar-refractivity contribution in [3.63, 3.8) is 0 Å².